The Kier molecular flexibility index (Phi) is 9.76. The van der Waals surface area contributed by atoms with Crippen molar-refractivity contribution in [3.8, 4) is 11.3 Å². The Morgan fingerprint density at radius 3 is 2.32 bits per heavy atom. The standard InChI is InChI=1S/C25H32N4O3S2/c1-17(23(33)34(7)28-24(31)32-25(3,4)5)27-18(2)29(6)22(30)16-19-11-13-20(14-12-19)21-10-8-9-15-26-21/h8-15,33H,16H2,1-7H3/b23-17+,27-18?. The molecule has 0 aliphatic carbocycles. The van der Waals surface area contributed by atoms with Crippen LogP contribution in [-0.2, 0) is 26.6 Å². The van der Waals surface area contributed by atoms with Crippen LogP contribution in [0.1, 0.15) is 40.2 Å². The highest BCUT2D eigenvalue weighted by molar-refractivity contribution is 8.07. The Morgan fingerprint density at radius 1 is 1.12 bits per heavy atom. The summed E-state index contributed by atoms with van der Waals surface area (Å²) < 4.78 is 9.82. The third kappa shape index (κ3) is 8.53. The normalized spacial score (nSPS) is 13.8. The van der Waals surface area contributed by atoms with Crippen molar-refractivity contribution in [2.75, 3.05) is 13.3 Å². The lowest BCUT2D eigenvalue weighted by Crippen LogP contribution is -2.32. The van der Waals surface area contributed by atoms with E-state index in [1.165, 1.54) is 4.90 Å². The van der Waals surface area contributed by atoms with Crippen LogP contribution in [0, 0.1) is 0 Å². The van der Waals surface area contributed by atoms with Gasteiger partial charge in [0.15, 0.2) is 0 Å². The van der Waals surface area contributed by atoms with Gasteiger partial charge in [0.25, 0.3) is 0 Å². The number of pyridine rings is 1. The number of ether oxygens (including phenoxy) is 1. The molecule has 2 amide bonds. The lowest BCUT2D eigenvalue weighted by atomic mass is 10.1. The molecule has 1 heterocycles. The number of carbonyl (C=O) groups is 2. The van der Waals surface area contributed by atoms with Crippen molar-refractivity contribution in [1.29, 1.82) is 0 Å². The number of benzene rings is 1. The summed E-state index contributed by atoms with van der Waals surface area (Å²) in [4.78, 5) is 35.1. The minimum atomic E-state index is -0.821. The average molecular weight is 501 g/mol. The third-order valence-corrected chi connectivity index (χ3v) is 7.05. The first-order valence-electron chi connectivity index (χ1n) is 10.7. The van der Waals surface area contributed by atoms with E-state index in [-0.39, 0.29) is 12.3 Å². The van der Waals surface area contributed by atoms with Crippen molar-refractivity contribution < 1.29 is 14.3 Å². The molecule has 2 aromatic rings. The van der Waals surface area contributed by atoms with E-state index in [1.807, 2.05) is 42.5 Å². The maximum Gasteiger partial charge on any atom is 0.440 e. The number of allylic oxidation sites excluding steroid dienone is 1. The summed E-state index contributed by atoms with van der Waals surface area (Å²) in [6.45, 7) is 8.88. The number of hydrogen-bond donors (Lipinski definition) is 1. The molecule has 1 unspecified atom stereocenters. The predicted molar refractivity (Wildman–Crippen MR) is 143 cm³/mol. The van der Waals surface area contributed by atoms with Crippen molar-refractivity contribution in [1.82, 2.24) is 9.88 Å². The molecule has 0 bridgehead atoms. The maximum atomic E-state index is 12.8. The molecule has 0 fully saturated rings. The van der Waals surface area contributed by atoms with Crippen molar-refractivity contribution in [2.45, 2.75) is 46.6 Å². The Balaban J connectivity index is 2.07. The number of aromatic nitrogens is 1. The molecule has 0 aliphatic rings. The van der Waals surface area contributed by atoms with E-state index in [4.69, 9.17) is 4.74 Å². The van der Waals surface area contributed by atoms with Crippen molar-refractivity contribution in [2.24, 2.45) is 9.36 Å². The first kappa shape index (κ1) is 27.5. The topological polar surface area (TPSA) is 84.2 Å². The number of likely N-dealkylation sites (N-methyl/N-ethyl adjacent to an activating group) is 1. The van der Waals surface area contributed by atoms with E-state index < -0.39 is 22.4 Å². The zero-order chi connectivity index (χ0) is 25.5. The fourth-order valence-corrected chi connectivity index (χ4v) is 3.81. The summed E-state index contributed by atoms with van der Waals surface area (Å²) in [5.41, 5.74) is 2.75. The number of rotatable bonds is 5. The number of carbonyl (C=O) groups excluding carboxylic acids is 2. The summed E-state index contributed by atoms with van der Waals surface area (Å²) >= 11 is 4.50. The molecule has 0 N–H and O–H groups in total. The SMILES string of the molecule is CC(=N/C(C)=C(S)/S(C)=N/C(=O)OC(C)(C)C)N(C)C(=O)Cc1ccc(-c2ccccn2)cc1. The van der Waals surface area contributed by atoms with E-state index in [1.54, 1.807) is 54.1 Å². The molecule has 0 radical (unpaired) electrons. The molecule has 9 heteroatoms. The second kappa shape index (κ2) is 12.1. The van der Waals surface area contributed by atoms with Gasteiger partial charge >= 0.3 is 6.09 Å². The minimum absolute atomic E-state index is 0.0886. The average Bonchev–Trinajstić information content (AvgIpc) is 2.77. The van der Waals surface area contributed by atoms with Crippen LogP contribution in [0.15, 0.2) is 68.0 Å². The van der Waals surface area contributed by atoms with Crippen LogP contribution in [0.5, 0.6) is 0 Å². The van der Waals surface area contributed by atoms with Crippen LogP contribution in [0.2, 0.25) is 0 Å². The first-order valence-corrected chi connectivity index (χ1v) is 12.7. The summed E-state index contributed by atoms with van der Waals surface area (Å²) in [7, 11) is 0.865. The third-order valence-electron chi connectivity index (χ3n) is 4.65. The molecule has 0 spiro atoms. The molecule has 34 heavy (non-hydrogen) atoms. The summed E-state index contributed by atoms with van der Waals surface area (Å²) in [6.07, 6.45) is 3.13. The Labute approximate surface area is 209 Å². The van der Waals surface area contributed by atoms with Crippen LogP contribution >= 0.6 is 12.6 Å². The molecule has 2 rings (SSSR count). The van der Waals surface area contributed by atoms with E-state index >= 15 is 0 Å². The Hall–Kier alpha value is -2.78. The van der Waals surface area contributed by atoms with Gasteiger partial charge in [-0.05, 0) is 58.6 Å². The van der Waals surface area contributed by atoms with Gasteiger partial charge in [-0.25, -0.2) is 9.79 Å². The number of aliphatic imine (C=N–C) groups is 1. The molecule has 1 aromatic carbocycles. The van der Waals surface area contributed by atoms with Crippen LogP contribution in [0.3, 0.4) is 0 Å². The van der Waals surface area contributed by atoms with Gasteiger partial charge in [0.2, 0.25) is 5.91 Å². The van der Waals surface area contributed by atoms with Crippen LogP contribution in [0.25, 0.3) is 11.3 Å². The van der Waals surface area contributed by atoms with Crippen LogP contribution in [0.4, 0.5) is 4.79 Å². The number of nitrogens with zero attached hydrogens (tertiary/aromatic N) is 4. The minimum Gasteiger partial charge on any atom is -0.442 e. The monoisotopic (exact) mass is 500 g/mol. The van der Waals surface area contributed by atoms with Gasteiger partial charge in [-0.15, -0.1) is 17.0 Å². The predicted octanol–water partition coefficient (Wildman–Crippen LogP) is 5.65. The summed E-state index contributed by atoms with van der Waals surface area (Å²) in [6, 6.07) is 13.5. The van der Waals surface area contributed by atoms with Crippen molar-refractivity contribution >= 4 is 41.2 Å². The molecule has 0 aliphatic heterocycles. The van der Waals surface area contributed by atoms with Gasteiger partial charge in [0.05, 0.1) is 22.0 Å². The molecule has 182 valence electrons. The molecule has 7 nitrogen and oxygen atoms in total. The van der Waals surface area contributed by atoms with Crippen molar-refractivity contribution in [3.63, 3.8) is 0 Å². The maximum absolute atomic E-state index is 12.8. The van der Waals surface area contributed by atoms with E-state index in [2.05, 4.69) is 27.0 Å². The number of hydrogen-bond acceptors (Lipinski definition) is 6. The van der Waals surface area contributed by atoms with Gasteiger partial charge in [0.1, 0.15) is 11.4 Å². The summed E-state index contributed by atoms with van der Waals surface area (Å²) in [5, 5.41) is 0. The van der Waals surface area contributed by atoms with Gasteiger partial charge in [-0.1, -0.05) is 41.0 Å². The lowest BCUT2D eigenvalue weighted by Gasteiger charge is -2.18. The lowest BCUT2D eigenvalue weighted by molar-refractivity contribution is -0.125. The summed E-state index contributed by atoms with van der Waals surface area (Å²) in [5.74, 6) is 0.433. The zero-order valence-electron chi connectivity index (χ0n) is 20.7. The Bertz CT molecular complexity index is 1120. The van der Waals surface area contributed by atoms with Gasteiger partial charge < -0.3 is 9.64 Å². The van der Waals surface area contributed by atoms with Gasteiger partial charge in [-0.3, -0.25) is 9.78 Å². The van der Waals surface area contributed by atoms with Crippen LogP contribution < -0.4 is 0 Å². The molecule has 0 saturated carbocycles. The largest absolute Gasteiger partial charge is 0.442 e. The van der Waals surface area contributed by atoms with E-state index in [0.29, 0.717) is 15.8 Å². The molecule has 0 saturated heterocycles. The van der Waals surface area contributed by atoms with E-state index in [9.17, 15) is 9.59 Å². The molecule has 1 aromatic heterocycles. The Morgan fingerprint density at radius 2 is 1.76 bits per heavy atom. The second-order valence-corrected chi connectivity index (χ2v) is 10.9. The first-order chi connectivity index (χ1) is 15.9. The fraction of sp³-hybridized carbons (Fsp3) is 0.360. The van der Waals surface area contributed by atoms with Gasteiger partial charge in [0, 0.05) is 18.8 Å². The smallest absolute Gasteiger partial charge is 0.440 e. The van der Waals surface area contributed by atoms with Gasteiger partial charge in [-0.2, -0.15) is 0 Å². The second-order valence-electron chi connectivity index (χ2n) is 8.64. The number of amidine groups is 1. The number of thiol groups is 1. The van der Waals surface area contributed by atoms with Crippen LogP contribution in [-0.4, -0.2) is 46.6 Å². The number of amides is 2. The highest BCUT2D eigenvalue weighted by Gasteiger charge is 2.17. The molecular weight excluding hydrogens is 468 g/mol. The fourth-order valence-electron chi connectivity index (χ4n) is 2.82. The molecule has 1 atom stereocenters. The zero-order valence-corrected chi connectivity index (χ0v) is 22.4. The van der Waals surface area contributed by atoms with Crippen molar-refractivity contribution in [3.05, 3.63) is 64.2 Å². The highest BCUT2D eigenvalue weighted by atomic mass is 32.2. The molecular formula is C25H32N4O3S2. The van der Waals surface area contributed by atoms with E-state index in [0.717, 1.165) is 16.8 Å². The highest BCUT2D eigenvalue weighted by Crippen LogP contribution is 2.19. The quantitative estimate of drug-likeness (QED) is 0.326.